The maximum Gasteiger partial charge on any atom is 0.132 e. The number of anilines is 1. The number of hydrogen-bond acceptors (Lipinski definition) is 4. The fraction of sp³-hybridized carbons (Fsp3) is 0.429. The first kappa shape index (κ1) is 17.8. The first-order valence-electron chi connectivity index (χ1n) is 8.65. The Morgan fingerprint density at radius 3 is 2.48 bits per heavy atom. The van der Waals surface area contributed by atoms with Crippen molar-refractivity contribution in [3.8, 4) is 5.75 Å². The Morgan fingerprint density at radius 1 is 1.12 bits per heavy atom. The second kappa shape index (κ2) is 7.06. The van der Waals surface area contributed by atoms with Crippen LogP contribution in [-0.4, -0.2) is 25.9 Å². The van der Waals surface area contributed by atoms with Crippen LogP contribution < -0.4 is 10.1 Å². The molecule has 3 rings (SSSR count). The van der Waals surface area contributed by atoms with E-state index in [1.165, 1.54) is 5.56 Å². The van der Waals surface area contributed by atoms with Crippen LogP contribution in [0.5, 0.6) is 5.75 Å². The topological polar surface area (TPSA) is 39.7 Å². The van der Waals surface area contributed by atoms with Crippen LogP contribution in [0.25, 0.3) is 0 Å². The molecule has 25 heavy (non-hydrogen) atoms. The van der Waals surface area contributed by atoms with Crippen molar-refractivity contribution in [3.63, 3.8) is 0 Å². The van der Waals surface area contributed by atoms with Crippen molar-refractivity contribution in [2.24, 2.45) is 0 Å². The lowest BCUT2D eigenvalue weighted by Gasteiger charge is -2.44. The highest BCUT2D eigenvalue weighted by atomic mass is 16.6. The van der Waals surface area contributed by atoms with E-state index < -0.39 is 5.60 Å². The smallest absolute Gasteiger partial charge is 0.132 e. The van der Waals surface area contributed by atoms with Gasteiger partial charge in [-0.1, -0.05) is 29.8 Å². The van der Waals surface area contributed by atoms with E-state index >= 15 is 0 Å². The molecule has 0 spiro atoms. The Labute approximate surface area is 150 Å². The van der Waals surface area contributed by atoms with E-state index in [0.717, 1.165) is 22.6 Å². The highest BCUT2D eigenvalue weighted by Gasteiger charge is 2.45. The third-order valence-corrected chi connectivity index (χ3v) is 4.74. The van der Waals surface area contributed by atoms with Gasteiger partial charge in [0, 0.05) is 25.4 Å². The number of rotatable bonds is 5. The number of ether oxygens (including phenoxy) is 3. The molecule has 0 aliphatic carbocycles. The molecule has 0 saturated heterocycles. The van der Waals surface area contributed by atoms with Gasteiger partial charge in [-0.05, 0) is 44.5 Å². The predicted molar refractivity (Wildman–Crippen MR) is 100 cm³/mol. The van der Waals surface area contributed by atoms with Gasteiger partial charge >= 0.3 is 0 Å². The summed E-state index contributed by atoms with van der Waals surface area (Å²) in [6.07, 6.45) is -0.393. The minimum absolute atomic E-state index is 0.183. The van der Waals surface area contributed by atoms with Gasteiger partial charge in [-0.2, -0.15) is 0 Å². The quantitative estimate of drug-likeness (QED) is 0.870. The molecule has 1 aliphatic heterocycles. The van der Waals surface area contributed by atoms with E-state index in [2.05, 4.69) is 42.6 Å². The lowest BCUT2D eigenvalue weighted by Crippen LogP contribution is -2.50. The maximum absolute atomic E-state index is 6.29. The lowest BCUT2D eigenvalue weighted by molar-refractivity contribution is -0.159. The molecule has 0 fully saturated rings. The molecule has 4 heteroatoms. The fourth-order valence-electron chi connectivity index (χ4n) is 3.30. The van der Waals surface area contributed by atoms with Gasteiger partial charge in [0.05, 0.1) is 6.61 Å². The van der Waals surface area contributed by atoms with Gasteiger partial charge in [0.15, 0.2) is 0 Å². The van der Waals surface area contributed by atoms with E-state index in [4.69, 9.17) is 14.2 Å². The average molecular weight is 341 g/mol. The Balaban J connectivity index is 1.86. The van der Waals surface area contributed by atoms with Crippen LogP contribution in [0.3, 0.4) is 0 Å². The summed E-state index contributed by atoms with van der Waals surface area (Å²) in [6.45, 7) is 6.71. The first-order valence-corrected chi connectivity index (χ1v) is 8.65. The second-order valence-corrected chi connectivity index (χ2v) is 7.08. The third kappa shape index (κ3) is 3.65. The summed E-state index contributed by atoms with van der Waals surface area (Å²) in [5.41, 5.74) is 3.95. The molecule has 2 unspecified atom stereocenters. The van der Waals surface area contributed by atoms with E-state index in [1.807, 2.05) is 33.0 Å². The number of aryl methyl sites for hydroxylation is 1. The summed E-state index contributed by atoms with van der Waals surface area (Å²) in [5.74, 6) is 0.853. The Bertz CT molecular complexity index is 724. The van der Waals surface area contributed by atoms with E-state index in [-0.39, 0.29) is 12.2 Å². The van der Waals surface area contributed by atoms with Gasteiger partial charge in [-0.25, -0.2) is 0 Å². The van der Waals surface area contributed by atoms with E-state index in [1.54, 1.807) is 7.11 Å². The zero-order valence-corrected chi connectivity index (χ0v) is 15.6. The lowest BCUT2D eigenvalue weighted by atomic mass is 9.88. The normalized spacial score (nSPS) is 21.3. The molecule has 1 aliphatic rings. The molecular weight excluding hydrogens is 314 g/mol. The number of nitrogens with one attached hydrogen (secondary N) is 1. The van der Waals surface area contributed by atoms with Crippen molar-refractivity contribution in [1.82, 2.24) is 0 Å². The highest BCUT2D eigenvalue weighted by molar-refractivity contribution is 5.53. The molecule has 0 bridgehead atoms. The third-order valence-electron chi connectivity index (χ3n) is 4.74. The zero-order valence-electron chi connectivity index (χ0n) is 15.6. The summed E-state index contributed by atoms with van der Waals surface area (Å²) >= 11 is 0. The van der Waals surface area contributed by atoms with Crippen LogP contribution in [0.1, 0.15) is 36.6 Å². The molecular formula is C21H27NO3. The van der Waals surface area contributed by atoms with Crippen LogP contribution in [-0.2, 0) is 16.1 Å². The fourth-order valence-corrected chi connectivity index (χ4v) is 3.30. The van der Waals surface area contributed by atoms with Crippen molar-refractivity contribution < 1.29 is 14.2 Å². The number of fused-ring (bicyclic) bond motifs is 1. The molecule has 0 amide bonds. The molecule has 134 valence electrons. The molecule has 1 N–H and O–H groups in total. The van der Waals surface area contributed by atoms with Crippen LogP contribution in [0.2, 0.25) is 0 Å². The summed E-state index contributed by atoms with van der Waals surface area (Å²) in [7, 11) is 3.63. The molecule has 0 aromatic heterocycles. The summed E-state index contributed by atoms with van der Waals surface area (Å²) in [5, 5.41) is 3.17. The minimum Gasteiger partial charge on any atom is -0.485 e. The molecule has 4 nitrogen and oxygen atoms in total. The molecule has 2 atom stereocenters. The Morgan fingerprint density at radius 2 is 1.84 bits per heavy atom. The monoisotopic (exact) mass is 341 g/mol. The molecule has 0 radical (unpaired) electrons. The number of hydrogen-bond donors (Lipinski definition) is 1. The average Bonchev–Trinajstić information content (AvgIpc) is 2.60. The van der Waals surface area contributed by atoms with Crippen molar-refractivity contribution in [1.29, 1.82) is 0 Å². The van der Waals surface area contributed by atoms with Crippen molar-refractivity contribution >= 4 is 5.69 Å². The SMILES string of the molecule is CNc1ccc2c(c1)C(OC)C(OCc1ccc(C)cc1)C(C)(C)O2. The standard InChI is InChI=1S/C21H27NO3/c1-14-6-8-15(9-7-14)13-24-20-19(23-5)17-12-16(22-4)10-11-18(17)25-21(20,2)3/h6-12,19-20,22H,13H2,1-5H3. The van der Waals surface area contributed by atoms with E-state index in [9.17, 15) is 0 Å². The van der Waals surface area contributed by atoms with Crippen LogP contribution in [0.15, 0.2) is 42.5 Å². The van der Waals surface area contributed by atoms with E-state index in [0.29, 0.717) is 6.61 Å². The van der Waals surface area contributed by atoms with Crippen LogP contribution in [0.4, 0.5) is 5.69 Å². The Hall–Kier alpha value is -2.04. The van der Waals surface area contributed by atoms with Crippen molar-refractivity contribution in [2.75, 3.05) is 19.5 Å². The number of methoxy groups -OCH3 is 1. The molecule has 0 saturated carbocycles. The highest BCUT2D eigenvalue weighted by Crippen LogP contribution is 2.44. The van der Waals surface area contributed by atoms with Crippen molar-refractivity contribution in [2.45, 2.75) is 45.2 Å². The predicted octanol–water partition coefficient (Wildman–Crippen LogP) is 4.48. The van der Waals surface area contributed by atoms with Gasteiger partial charge in [-0.15, -0.1) is 0 Å². The van der Waals surface area contributed by atoms with Gasteiger partial charge < -0.3 is 19.5 Å². The molecule has 2 aromatic carbocycles. The molecule has 1 heterocycles. The number of benzene rings is 2. The largest absolute Gasteiger partial charge is 0.485 e. The summed E-state index contributed by atoms with van der Waals surface area (Å²) in [6, 6.07) is 14.5. The van der Waals surface area contributed by atoms with Crippen LogP contribution in [0, 0.1) is 6.92 Å². The van der Waals surface area contributed by atoms with Gasteiger partial charge in [0.1, 0.15) is 23.6 Å². The second-order valence-electron chi connectivity index (χ2n) is 7.08. The zero-order chi connectivity index (χ0) is 18.0. The minimum atomic E-state index is -0.487. The van der Waals surface area contributed by atoms with Crippen molar-refractivity contribution in [3.05, 3.63) is 59.2 Å². The van der Waals surface area contributed by atoms with Gasteiger partial charge in [-0.3, -0.25) is 0 Å². The van der Waals surface area contributed by atoms with Crippen LogP contribution >= 0.6 is 0 Å². The summed E-state index contributed by atoms with van der Waals surface area (Å²) in [4.78, 5) is 0. The van der Waals surface area contributed by atoms with Gasteiger partial charge in [0.2, 0.25) is 0 Å². The first-order chi connectivity index (χ1) is 11.9. The van der Waals surface area contributed by atoms with Gasteiger partial charge in [0.25, 0.3) is 0 Å². The molecule has 2 aromatic rings. The maximum atomic E-state index is 6.29. The Kier molecular flexibility index (Phi) is 5.02. The summed E-state index contributed by atoms with van der Waals surface area (Å²) < 4.78 is 18.4.